The number of nitrogens with zero attached hydrogens (tertiary/aromatic N) is 3. The average molecular weight is 423 g/mol. The monoisotopic (exact) mass is 422 g/mol. The maximum absolute atomic E-state index is 12.9. The molecule has 0 radical (unpaired) electrons. The van der Waals surface area contributed by atoms with E-state index in [1.165, 1.54) is 24.3 Å². The number of hydrogen-bond donors (Lipinski definition) is 1. The van der Waals surface area contributed by atoms with Crippen molar-refractivity contribution in [2.45, 2.75) is 19.1 Å². The molecule has 9 heteroatoms. The summed E-state index contributed by atoms with van der Waals surface area (Å²) in [6, 6.07) is 5.43. The Morgan fingerprint density at radius 2 is 1.86 bits per heavy atom. The summed E-state index contributed by atoms with van der Waals surface area (Å²) in [6.07, 6.45) is 0.496. The largest absolute Gasteiger partial charge is 0.339 e. The minimum atomic E-state index is -0.343. The minimum absolute atomic E-state index is 0.126. The van der Waals surface area contributed by atoms with Crippen LogP contribution in [0.25, 0.3) is 0 Å². The van der Waals surface area contributed by atoms with Crippen LogP contribution in [0.2, 0.25) is 0 Å². The third kappa shape index (κ3) is 5.93. The molecule has 0 aliphatic carbocycles. The number of carbonyl (C=O) groups excluding carboxylic acids is 2. The van der Waals surface area contributed by atoms with Gasteiger partial charge in [0.05, 0.1) is 10.7 Å². The van der Waals surface area contributed by atoms with E-state index in [0.717, 1.165) is 22.2 Å². The second kappa shape index (κ2) is 9.88. The highest BCUT2D eigenvalue weighted by Gasteiger charge is 2.23. The number of benzene rings is 1. The van der Waals surface area contributed by atoms with Crippen LogP contribution in [0, 0.1) is 12.7 Å². The van der Waals surface area contributed by atoms with Gasteiger partial charge in [0.1, 0.15) is 5.82 Å². The standard InChI is InChI=1S/C19H23FN4O2S2/c1-14-21-17(13-28-14)12-27-11-6-18(25)23-7-9-24(10-8-23)19(26)22-16-4-2-15(20)3-5-16/h2-5,13H,6-12H2,1H3,(H,22,26). The van der Waals surface area contributed by atoms with Crippen molar-refractivity contribution in [3.8, 4) is 0 Å². The van der Waals surface area contributed by atoms with Crippen LogP contribution >= 0.6 is 23.1 Å². The lowest BCUT2D eigenvalue weighted by Crippen LogP contribution is -2.51. The zero-order valence-electron chi connectivity index (χ0n) is 15.7. The molecule has 0 bridgehead atoms. The van der Waals surface area contributed by atoms with Gasteiger partial charge in [-0.2, -0.15) is 11.8 Å². The van der Waals surface area contributed by atoms with Crippen molar-refractivity contribution < 1.29 is 14.0 Å². The molecule has 1 aromatic carbocycles. The van der Waals surface area contributed by atoms with Crippen LogP contribution in [0.5, 0.6) is 0 Å². The number of hydrogen-bond acceptors (Lipinski definition) is 5. The van der Waals surface area contributed by atoms with Gasteiger partial charge in [0, 0.05) is 55.2 Å². The molecule has 6 nitrogen and oxygen atoms in total. The van der Waals surface area contributed by atoms with Gasteiger partial charge in [0.25, 0.3) is 0 Å². The number of thiazole rings is 1. The fourth-order valence-corrected chi connectivity index (χ4v) is 4.40. The third-order valence-electron chi connectivity index (χ3n) is 4.39. The predicted molar refractivity (Wildman–Crippen MR) is 111 cm³/mol. The van der Waals surface area contributed by atoms with E-state index in [4.69, 9.17) is 0 Å². The number of aromatic nitrogens is 1. The molecule has 0 spiro atoms. The molecule has 3 rings (SSSR count). The highest BCUT2D eigenvalue weighted by atomic mass is 32.2. The number of halogens is 1. The van der Waals surface area contributed by atoms with Gasteiger partial charge < -0.3 is 15.1 Å². The Labute approximate surface area is 172 Å². The van der Waals surface area contributed by atoms with Crippen LogP contribution in [0.4, 0.5) is 14.9 Å². The Morgan fingerprint density at radius 3 is 2.50 bits per heavy atom. The number of anilines is 1. The number of amides is 3. The Morgan fingerprint density at radius 1 is 1.18 bits per heavy atom. The fraction of sp³-hybridized carbons (Fsp3) is 0.421. The molecule has 2 heterocycles. The molecule has 0 atom stereocenters. The van der Waals surface area contributed by atoms with E-state index < -0.39 is 0 Å². The fourth-order valence-electron chi connectivity index (χ4n) is 2.86. The van der Waals surface area contributed by atoms with Gasteiger partial charge in [-0.05, 0) is 31.2 Å². The average Bonchev–Trinajstić information content (AvgIpc) is 3.12. The topological polar surface area (TPSA) is 65.5 Å². The summed E-state index contributed by atoms with van der Waals surface area (Å²) in [4.78, 5) is 32.5. The molecule has 2 aromatic rings. The zero-order valence-corrected chi connectivity index (χ0v) is 17.3. The molecule has 3 amide bonds. The van der Waals surface area contributed by atoms with Gasteiger partial charge >= 0.3 is 6.03 Å². The minimum Gasteiger partial charge on any atom is -0.339 e. The smallest absolute Gasteiger partial charge is 0.321 e. The molecular formula is C19H23FN4O2S2. The van der Waals surface area contributed by atoms with Gasteiger partial charge in [-0.1, -0.05) is 0 Å². The second-order valence-electron chi connectivity index (χ2n) is 6.47. The van der Waals surface area contributed by atoms with Gasteiger partial charge in [0.2, 0.25) is 5.91 Å². The van der Waals surface area contributed by atoms with Crippen LogP contribution in [0.15, 0.2) is 29.6 Å². The number of aryl methyl sites for hydroxylation is 1. The van der Waals surface area contributed by atoms with Crippen LogP contribution in [-0.2, 0) is 10.5 Å². The summed E-state index contributed by atoms with van der Waals surface area (Å²) in [5, 5.41) is 5.87. The van der Waals surface area contributed by atoms with Crippen molar-refractivity contribution in [2.75, 3.05) is 37.2 Å². The van der Waals surface area contributed by atoms with E-state index in [2.05, 4.69) is 15.7 Å². The van der Waals surface area contributed by atoms with E-state index in [0.29, 0.717) is 38.3 Å². The van der Waals surface area contributed by atoms with Crippen molar-refractivity contribution in [1.82, 2.24) is 14.8 Å². The van der Waals surface area contributed by atoms with E-state index in [-0.39, 0.29) is 17.8 Å². The second-order valence-corrected chi connectivity index (χ2v) is 8.63. The predicted octanol–water partition coefficient (Wildman–Crippen LogP) is 3.59. The summed E-state index contributed by atoms with van der Waals surface area (Å²) in [5.74, 6) is 1.38. The maximum Gasteiger partial charge on any atom is 0.321 e. The Balaban J connectivity index is 1.35. The third-order valence-corrected chi connectivity index (χ3v) is 6.21. The summed E-state index contributed by atoms with van der Waals surface area (Å²) >= 11 is 3.36. The lowest BCUT2D eigenvalue weighted by molar-refractivity contribution is -0.132. The number of nitrogens with one attached hydrogen (secondary N) is 1. The van der Waals surface area contributed by atoms with Crippen molar-refractivity contribution in [2.24, 2.45) is 0 Å². The van der Waals surface area contributed by atoms with Crippen molar-refractivity contribution in [3.63, 3.8) is 0 Å². The molecule has 28 heavy (non-hydrogen) atoms. The van der Waals surface area contributed by atoms with E-state index >= 15 is 0 Å². The maximum atomic E-state index is 12.9. The first-order valence-corrected chi connectivity index (χ1v) is 11.1. The normalized spacial score (nSPS) is 14.2. The highest BCUT2D eigenvalue weighted by molar-refractivity contribution is 7.98. The van der Waals surface area contributed by atoms with Gasteiger partial charge in [-0.25, -0.2) is 14.2 Å². The zero-order chi connectivity index (χ0) is 19.9. The van der Waals surface area contributed by atoms with Crippen LogP contribution in [0.1, 0.15) is 17.1 Å². The van der Waals surface area contributed by atoms with Crippen LogP contribution < -0.4 is 5.32 Å². The van der Waals surface area contributed by atoms with Crippen molar-refractivity contribution in [3.05, 3.63) is 46.2 Å². The van der Waals surface area contributed by atoms with E-state index in [1.54, 1.807) is 28.0 Å². The van der Waals surface area contributed by atoms with Crippen molar-refractivity contribution >= 4 is 40.7 Å². The Bertz CT molecular complexity index is 805. The molecule has 1 aliphatic rings. The number of carbonyl (C=O) groups is 2. The van der Waals surface area contributed by atoms with Crippen LogP contribution in [0.3, 0.4) is 0 Å². The van der Waals surface area contributed by atoms with E-state index in [9.17, 15) is 14.0 Å². The lowest BCUT2D eigenvalue weighted by atomic mass is 10.3. The first-order valence-electron chi connectivity index (χ1n) is 9.09. The highest BCUT2D eigenvalue weighted by Crippen LogP contribution is 2.17. The molecule has 1 aromatic heterocycles. The molecule has 1 fully saturated rings. The molecular weight excluding hydrogens is 399 g/mol. The molecule has 1 N–H and O–H groups in total. The summed E-state index contributed by atoms with van der Waals surface area (Å²) in [7, 11) is 0. The molecule has 1 saturated heterocycles. The molecule has 0 saturated carbocycles. The number of urea groups is 1. The number of thioether (sulfide) groups is 1. The molecule has 0 unspecified atom stereocenters. The first kappa shape index (κ1) is 20.6. The van der Waals surface area contributed by atoms with Crippen LogP contribution in [-0.4, -0.2) is 58.7 Å². The van der Waals surface area contributed by atoms with Gasteiger partial charge in [-0.15, -0.1) is 11.3 Å². The Hall–Kier alpha value is -2.13. The molecule has 1 aliphatic heterocycles. The summed E-state index contributed by atoms with van der Waals surface area (Å²) in [5.41, 5.74) is 1.62. The number of piperazine rings is 1. The first-order chi connectivity index (χ1) is 13.5. The SMILES string of the molecule is Cc1nc(CSCCC(=O)N2CCN(C(=O)Nc3ccc(F)cc3)CC2)cs1. The number of rotatable bonds is 6. The van der Waals surface area contributed by atoms with Gasteiger partial charge in [-0.3, -0.25) is 4.79 Å². The molecule has 150 valence electrons. The quantitative estimate of drug-likeness (QED) is 0.723. The lowest BCUT2D eigenvalue weighted by Gasteiger charge is -2.34. The summed E-state index contributed by atoms with van der Waals surface area (Å²) < 4.78 is 12.9. The summed E-state index contributed by atoms with van der Waals surface area (Å²) in [6.45, 7) is 4.03. The van der Waals surface area contributed by atoms with Gasteiger partial charge in [0.15, 0.2) is 0 Å². The Kier molecular flexibility index (Phi) is 7.27. The van der Waals surface area contributed by atoms with Crippen molar-refractivity contribution in [1.29, 1.82) is 0 Å². The van der Waals surface area contributed by atoms with E-state index in [1.807, 2.05) is 11.8 Å².